The molecule has 1 aromatic heterocycles. The molecule has 0 bridgehead atoms. The predicted molar refractivity (Wildman–Crippen MR) is 51.1 cm³/mol. The van der Waals surface area contributed by atoms with Gasteiger partial charge < -0.3 is 4.90 Å². The van der Waals surface area contributed by atoms with Crippen LogP contribution in [0.3, 0.4) is 0 Å². The van der Waals surface area contributed by atoms with Crippen molar-refractivity contribution in [2.75, 3.05) is 18.5 Å². The zero-order valence-corrected chi connectivity index (χ0v) is 7.41. The van der Waals surface area contributed by atoms with E-state index in [1.807, 2.05) is 19.3 Å². The average molecular weight is 160 g/mol. The van der Waals surface area contributed by atoms with Gasteiger partial charge in [0.25, 0.3) is 0 Å². The molecule has 0 radical (unpaired) electrons. The second-order valence-electron chi connectivity index (χ2n) is 2.59. The normalized spacial score (nSPS) is 9.08. The fraction of sp³-hybridized carbons (Fsp3) is 0.300. The largest absolute Gasteiger partial charge is 0.374 e. The van der Waals surface area contributed by atoms with Crippen LogP contribution in [-0.4, -0.2) is 18.6 Å². The minimum absolute atomic E-state index is 0.827. The molecular weight excluding hydrogens is 148 g/mol. The summed E-state index contributed by atoms with van der Waals surface area (Å²) in [6.45, 7) is 3.04. The molecule has 1 aromatic rings. The van der Waals surface area contributed by atoms with Crippen molar-refractivity contribution in [3.63, 3.8) is 0 Å². The van der Waals surface area contributed by atoms with Crippen molar-refractivity contribution in [2.45, 2.75) is 6.92 Å². The van der Waals surface area contributed by atoms with E-state index >= 15 is 0 Å². The lowest BCUT2D eigenvalue weighted by atomic mass is 10.2. The van der Waals surface area contributed by atoms with Gasteiger partial charge in [-0.1, -0.05) is 5.92 Å². The van der Waals surface area contributed by atoms with Gasteiger partial charge in [0.1, 0.15) is 0 Å². The maximum absolute atomic E-state index is 5.25. The zero-order chi connectivity index (χ0) is 8.97. The number of terminal acetylenes is 1. The maximum atomic E-state index is 5.25. The highest BCUT2D eigenvalue weighted by atomic mass is 15.1. The fourth-order valence-electron chi connectivity index (χ4n) is 0.898. The van der Waals surface area contributed by atoms with E-state index in [1.165, 1.54) is 0 Å². The van der Waals surface area contributed by atoms with E-state index in [9.17, 15) is 0 Å². The first-order chi connectivity index (χ1) is 5.77. The third-order valence-corrected chi connectivity index (χ3v) is 1.81. The van der Waals surface area contributed by atoms with Crippen LogP contribution in [0.1, 0.15) is 12.5 Å². The van der Waals surface area contributed by atoms with Crippen LogP contribution in [0.2, 0.25) is 0 Å². The second-order valence-corrected chi connectivity index (χ2v) is 2.59. The van der Waals surface area contributed by atoms with Gasteiger partial charge in [0.05, 0.1) is 11.9 Å². The highest BCUT2D eigenvalue weighted by Crippen LogP contribution is 2.11. The van der Waals surface area contributed by atoms with Crippen molar-refractivity contribution in [2.24, 2.45) is 0 Å². The summed E-state index contributed by atoms with van der Waals surface area (Å²) in [4.78, 5) is 6.13. The molecule has 0 atom stereocenters. The SMILES string of the molecule is C#Cc1cncc(N(C)CC)c1. The lowest BCUT2D eigenvalue weighted by molar-refractivity contribution is 0.961. The first-order valence-electron chi connectivity index (χ1n) is 3.90. The number of anilines is 1. The molecule has 0 amide bonds. The van der Waals surface area contributed by atoms with E-state index < -0.39 is 0 Å². The Hall–Kier alpha value is -1.49. The Morgan fingerprint density at radius 1 is 1.58 bits per heavy atom. The third kappa shape index (κ3) is 1.76. The minimum atomic E-state index is 0.827. The van der Waals surface area contributed by atoms with E-state index in [1.54, 1.807) is 6.20 Å². The molecule has 1 heterocycles. The van der Waals surface area contributed by atoms with Gasteiger partial charge in [-0.15, -0.1) is 6.42 Å². The minimum Gasteiger partial charge on any atom is -0.374 e. The van der Waals surface area contributed by atoms with E-state index in [2.05, 4.69) is 22.7 Å². The first kappa shape index (κ1) is 8.61. The average Bonchev–Trinajstić information content (AvgIpc) is 2.17. The molecular formula is C10H12N2. The zero-order valence-electron chi connectivity index (χ0n) is 7.41. The molecule has 62 valence electrons. The van der Waals surface area contributed by atoms with Crippen molar-refractivity contribution >= 4 is 5.69 Å². The molecule has 0 aliphatic heterocycles. The van der Waals surface area contributed by atoms with Gasteiger partial charge in [-0.05, 0) is 13.0 Å². The molecule has 0 unspecified atom stereocenters. The first-order valence-corrected chi connectivity index (χ1v) is 3.90. The smallest absolute Gasteiger partial charge is 0.0562 e. The van der Waals surface area contributed by atoms with Crippen LogP contribution in [0, 0.1) is 12.3 Å². The van der Waals surface area contributed by atoms with Crippen LogP contribution in [0.5, 0.6) is 0 Å². The summed E-state index contributed by atoms with van der Waals surface area (Å²) in [6.07, 6.45) is 8.75. The Bertz CT molecular complexity index is 299. The van der Waals surface area contributed by atoms with Crippen LogP contribution in [0.15, 0.2) is 18.5 Å². The third-order valence-electron chi connectivity index (χ3n) is 1.81. The Morgan fingerprint density at radius 3 is 2.92 bits per heavy atom. The molecule has 2 nitrogen and oxygen atoms in total. The van der Waals surface area contributed by atoms with Gasteiger partial charge in [0.2, 0.25) is 0 Å². The van der Waals surface area contributed by atoms with Crippen molar-refractivity contribution in [3.05, 3.63) is 24.0 Å². The van der Waals surface area contributed by atoms with E-state index in [-0.39, 0.29) is 0 Å². The number of rotatable bonds is 2. The number of hydrogen-bond acceptors (Lipinski definition) is 2. The van der Waals surface area contributed by atoms with E-state index in [4.69, 9.17) is 6.42 Å². The predicted octanol–water partition coefficient (Wildman–Crippen LogP) is 1.52. The fourth-order valence-corrected chi connectivity index (χ4v) is 0.898. The number of aromatic nitrogens is 1. The summed E-state index contributed by atoms with van der Waals surface area (Å²) < 4.78 is 0. The summed E-state index contributed by atoms with van der Waals surface area (Å²) in [5, 5.41) is 0. The quantitative estimate of drug-likeness (QED) is 0.610. The molecule has 0 fully saturated rings. The van der Waals surface area contributed by atoms with Crippen molar-refractivity contribution in [3.8, 4) is 12.3 Å². The highest BCUT2D eigenvalue weighted by molar-refractivity contribution is 5.48. The summed E-state index contributed by atoms with van der Waals surface area (Å²) in [6, 6.07) is 1.95. The molecule has 0 aliphatic rings. The Morgan fingerprint density at radius 2 is 2.33 bits per heavy atom. The molecule has 0 spiro atoms. The summed E-state index contributed by atoms with van der Waals surface area (Å²) in [5.41, 5.74) is 1.89. The van der Waals surface area contributed by atoms with Crippen LogP contribution in [0.4, 0.5) is 5.69 Å². The molecule has 1 rings (SSSR count). The number of hydrogen-bond donors (Lipinski definition) is 0. The van der Waals surface area contributed by atoms with Gasteiger partial charge in [0, 0.05) is 25.4 Å². The molecule has 0 saturated heterocycles. The van der Waals surface area contributed by atoms with Crippen molar-refractivity contribution in [1.82, 2.24) is 4.98 Å². The van der Waals surface area contributed by atoms with Crippen LogP contribution >= 0.6 is 0 Å². The summed E-state index contributed by atoms with van der Waals surface area (Å²) in [7, 11) is 2.01. The lowest BCUT2D eigenvalue weighted by Crippen LogP contribution is -2.15. The monoisotopic (exact) mass is 160 g/mol. The second kappa shape index (κ2) is 3.77. The highest BCUT2D eigenvalue weighted by Gasteiger charge is 1.97. The van der Waals surface area contributed by atoms with E-state index in [0.29, 0.717) is 0 Å². The van der Waals surface area contributed by atoms with Gasteiger partial charge in [0.15, 0.2) is 0 Å². The lowest BCUT2D eigenvalue weighted by Gasteiger charge is -2.15. The van der Waals surface area contributed by atoms with Crippen LogP contribution in [0.25, 0.3) is 0 Å². The molecule has 12 heavy (non-hydrogen) atoms. The molecule has 2 heteroatoms. The summed E-state index contributed by atoms with van der Waals surface area (Å²) in [5.74, 6) is 2.56. The van der Waals surface area contributed by atoms with E-state index in [0.717, 1.165) is 17.8 Å². The molecule has 0 N–H and O–H groups in total. The van der Waals surface area contributed by atoms with Gasteiger partial charge in [-0.25, -0.2) is 0 Å². The Labute approximate surface area is 73.2 Å². The van der Waals surface area contributed by atoms with Crippen LogP contribution in [-0.2, 0) is 0 Å². The van der Waals surface area contributed by atoms with Gasteiger partial charge in [-0.3, -0.25) is 4.98 Å². The Kier molecular flexibility index (Phi) is 2.71. The topological polar surface area (TPSA) is 16.1 Å². The van der Waals surface area contributed by atoms with Crippen molar-refractivity contribution in [1.29, 1.82) is 0 Å². The Balaban J connectivity index is 2.95. The van der Waals surface area contributed by atoms with Crippen molar-refractivity contribution < 1.29 is 0 Å². The maximum Gasteiger partial charge on any atom is 0.0562 e. The molecule has 0 aromatic carbocycles. The number of nitrogens with zero attached hydrogens (tertiary/aromatic N) is 2. The standard InChI is InChI=1S/C10H12N2/c1-4-9-6-10(8-11-7-9)12(3)5-2/h1,6-8H,5H2,2-3H3. The van der Waals surface area contributed by atoms with Gasteiger partial charge in [-0.2, -0.15) is 0 Å². The molecule has 0 aliphatic carbocycles. The molecule has 0 saturated carbocycles. The number of pyridine rings is 1. The van der Waals surface area contributed by atoms with Crippen LogP contribution < -0.4 is 4.90 Å². The summed E-state index contributed by atoms with van der Waals surface area (Å²) >= 11 is 0. The van der Waals surface area contributed by atoms with Gasteiger partial charge >= 0.3 is 0 Å².